The second-order valence-corrected chi connectivity index (χ2v) is 9.11. The van der Waals surface area contributed by atoms with Crippen LogP contribution in [-0.2, 0) is 21.6 Å². The third-order valence-electron chi connectivity index (χ3n) is 6.08. The number of anilines is 1. The number of nitrogens with zero attached hydrogens (tertiary/aromatic N) is 1. The van der Waals surface area contributed by atoms with Crippen molar-refractivity contribution < 1.29 is 19.4 Å². The molecule has 4 aromatic rings. The van der Waals surface area contributed by atoms with Gasteiger partial charge in [-0.25, -0.2) is 9.78 Å². The monoisotopic (exact) mass is 470 g/mol. The number of aromatic nitrogens is 1. The summed E-state index contributed by atoms with van der Waals surface area (Å²) in [4.78, 5) is 28.9. The molecule has 0 radical (unpaired) electrons. The number of amides is 1. The zero-order valence-corrected chi connectivity index (χ0v) is 19.0. The van der Waals surface area contributed by atoms with E-state index in [1.165, 1.54) is 11.3 Å². The second-order valence-electron chi connectivity index (χ2n) is 8.26. The minimum atomic E-state index is -0.748. The summed E-state index contributed by atoms with van der Waals surface area (Å²) in [6.07, 6.45) is 0.838. The number of benzene rings is 3. The number of carbonyl (C=O) groups excluding carboxylic acids is 1. The van der Waals surface area contributed by atoms with E-state index in [0.29, 0.717) is 18.7 Å². The van der Waals surface area contributed by atoms with Crippen molar-refractivity contribution in [2.45, 2.75) is 24.9 Å². The molecule has 0 unspecified atom stereocenters. The Balaban J connectivity index is 1.26. The number of carboxylic acid groups (broad SMARTS) is 1. The zero-order valence-electron chi connectivity index (χ0n) is 18.2. The molecule has 1 fully saturated rings. The van der Waals surface area contributed by atoms with E-state index in [1.54, 1.807) is 5.51 Å². The van der Waals surface area contributed by atoms with Gasteiger partial charge in [-0.2, -0.15) is 0 Å². The molecule has 1 aromatic heterocycles. The molecule has 1 aliphatic carbocycles. The van der Waals surface area contributed by atoms with Crippen LogP contribution in [0.15, 0.2) is 84.4 Å². The fraction of sp³-hybridized carbons (Fsp3) is 0.148. The molecule has 6 nitrogen and oxygen atoms in total. The van der Waals surface area contributed by atoms with Crippen molar-refractivity contribution in [3.05, 3.63) is 95.5 Å². The number of hydrogen-bond acceptors (Lipinski definition) is 5. The SMILES string of the molecule is O=C(Nc1ncsc1-c1ccc(-c2ccc(C3(C(=O)O)CC3)cc2)cc1)OCc1ccccc1. The number of carboxylic acids is 1. The van der Waals surface area contributed by atoms with Gasteiger partial charge in [0.1, 0.15) is 6.61 Å². The number of rotatable bonds is 7. The molecule has 1 aliphatic rings. The third kappa shape index (κ3) is 4.43. The van der Waals surface area contributed by atoms with Crippen molar-refractivity contribution in [2.24, 2.45) is 0 Å². The van der Waals surface area contributed by atoms with Gasteiger partial charge in [0.15, 0.2) is 5.82 Å². The fourth-order valence-corrected chi connectivity index (χ4v) is 4.69. The number of carbonyl (C=O) groups is 2. The number of hydrogen-bond donors (Lipinski definition) is 2. The molecule has 1 heterocycles. The van der Waals surface area contributed by atoms with Crippen LogP contribution in [0.3, 0.4) is 0 Å². The average Bonchev–Trinajstić information content (AvgIpc) is 3.57. The highest BCUT2D eigenvalue weighted by atomic mass is 32.1. The fourth-order valence-electron chi connectivity index (χ4n) is 3.94. The van der Waals surface area contributed by atoms with Crippen LogP contribution in [0.2, 0.25) is 0 Å². The summed E-state index contributed by atoms with van der Waals surface area (Å²) in [6, 6.07) is 25.2. The smallest absolute Gasteiger partial charge is 0.413 e. The van der Waals surface area contributed by atoms with Crippen molar-refractivity contribution in [1.29, 1.82) is 0 Å². The van der Waals surface area contributed by atoms with Crippen LogP contribution in [-0.4, -0.2) is 22.2 Å². The Morgan fingerprint density at radius 3 is 2.15 bits per heavy atom. The van der Waals surface area contributed by atoms with E-state index < -0.39 is 17.5 Å². The molecule has 0 spiro atoms. The van der Waals surface area contributed by atoms with Crippen LogP contribution >= 0.6 is 11.3 Å². The molecule has 3 aromatic carbocycles. The third-order valence-corrected chi connectivity index (χ3v) is 6.95. The highest BCUT2D eigenvalue weighted by molar-refractivity contribution is 7.13. The molecule has 0 aliphatic heterocycles. The lowest BCUT2D eigenvalue weighted by atomic mass is 9.93. The van der Waals surface area contributed by atoms with Crippen LogP contribution in [0.5, 0.6) is 0 Å². The number of aliphatic carboxylic acids is 1. The Morgan fingerprint density at radius 2 is 1.53 bits per heavy atom. The Bertz CT molecular complexity index is 1310. The molecule has 1 saturated carbocycles. The quantitative estimate of drug-likeness (QED) is 0.329. The Hall–Kier alpha value is -3.97. The Morgan fingerprint density at radius 1 is 0.912 bits per heavy atom. The minimum absolute atomic E-state index is 0.188. The van der Waals surface area contributed by atoms with E-state index in [0.717, 1.165) is 32.7 Å². The van der Waals surface area contributed by atoms with Crippen molar-refractivity contribution >= 4 is 29.2 Å². The molecule has 1 amide bonds. The van der Waals surface area contributed by atoms with Crippen LogP contribution < -0.4 is 5.32 Å². The molecular weight excluding hydrogens is 448 g/mol. The Labute approximate surface area is 200 Å². The average molecular weight is 471 g/mol. The number of nitrogens with one attached hydrogen (secondary N) is 1. The first-order valence-corrected chi connectivity index (χ1v) is 11.8. The van der Waals surface area contributed by atoms with Gasteiger partial charge in [0.25, 0.3) is 0 Å². The lowest BCUT2D eigenvalue weighted by Crippen LogP contribution is -2.19. The van der Waals surface area contributed by atoms with Gasteiger partial charge >= 0.3 is 12.1 Å². The molecule has 34 heavy (non-hydrogen) atoms. The van der Waals surface area contributed by atoms with Gasteiger partial charge in [0.05, 0.1) is 15.8 Å². The molecular formula is C27H22N2O4S. The molecule has 7 heteroatoms. The van der Waals surface area contributed by atoms with Gasteiger partial charge in [-0.3, -0.25) is 10.1 Å². The zero-order chi connectivity index (χ0) is 23.5. The van der Waals surface area contributed by atoms with E-state index in [1.807, 2.05) is 78.9 Å². The first-order valence-electron chi connectivity index (χ1n) is 10.9. The van der Waals surface area contributed by atoms with Crippen molar-refractivity contribution in [2.75, 3.05) is 5.32 Å². The minimum Gasteiger partial charge on any atom is -0.481 e. The maximum atomic E-state index is 12.2. The first-order chi connectivity index (χ1) is 16.5. The molecule has 2 N–H and O–H groups in total. The summed E-state index contributed by atoms with van der Waals surface area (Å²) in [5.41, 5.74) is 5.74. The molecule has 0 bridgehead atoms. The molecule has 170 valence electrons. The van der Waals surface area contributed by atoms with Crippen LogP contribution in [0, 0.1) is 0 Å². The van der Waals surface area contributed by atoms with Crippen LogP contribution in [0.4, 0.5) is 10.6 Å². The summed E-state index contributed by atoms with van der Waals surface area (Å²) in [5.74, 6) is -0.286. The normalized spacial score (nSPS) is 13.8. The lowest BCUT2D eigenvalue weighted by Gasteiger charge is -2.11. The lowest BCUT2D eigenvalue weighted by molar-refractivity contribution is -0.140. The summed E-state index contributed by atoms with van der Waals surface area (Å²) in [6.45, 7) is 0.188. The molecule has 0 saturated heterocycles. The maximum Gasteiger partial charge on any atom is 0.413 e. The molecule has 0 atom stereocenters. The second kappa shape index (κ2) is 9.11. The largest absolute Gasteiger partial charge is 0.481 e. The van der Waals surface area contributed by atoms with Gasteiger partial charge in [0.2, 0.25) is 0 Å². The van der Waals surface area contributed by atoms with E-state index in [9.17, 15) is 14.7 Å². The van der Waals surface area contributed by atoms with Crippen LogP contribution in [0.25, 0.3) is 21.6 Å². The van der Waals surface area contributed by atoms with Crippen molar-refractivity contribution in [3.8, 4) is 21.6 Å². The van der Waals surface area contributed by atoms with Crippen molar-refractivity contribution in [1.82, 2.24) is 4.98 Å². The van der Waals surface area contributed by atoms with E-state index >= 15 is 0 Å². The summed E-state index contributed by atoms with van der Waals surface area (Å²) in [5, 5.41) is 12.2. The topological polar surface area (TPSA) is 88.5 Å². The Kier molecular flexibility index (Phi) is 5.86. The van der Waals surface area contributed by atoms with Gasteiger partial charge in [0, 0.05) is 0 Å². The van der Waals surface area contributed by atoms with E-state index in [4.69, 9.17) is 4.74 Å². The van der Waals surface area contributed by atoms with Crippen molar-refractivity contribution in [3.63, 3.8) is 0 Å². The predicted molar refractivity (Wildman–Crippen MR) is 132 cm³/mol. The summed E-state index contributed by atoms with van der Waals surface area (Å²) in [7, 11) is 0. The van der Waals surface area contributed by atoms with Crippen LogP contribution in [0.1, 0.15) is 24.0 Å². The summed E-state index contributed by atoms with van der Waals surface area (Å²) >= 11 is 1.44. The van der Waals surface area contributed by atoms with Gasteiger partial charge < -0.3 is 9.84 Å². The maximum absolute atomic E-state index is 12.2. The van der Waals surface area contributed by atoms with Gasteiger partial charge in [-0.1, -0.05) is 78.9 Å². The van der Waals surface area contributed by atoms with E-state index in [-0.39, 0.29) is 6.61 Å². The number of ether oxygens (including phenoxy) is 1. The standard InChI is InChI=1S/C27H22N2O4S/c30-25(31)27(14-15-27)22-12-10-20(11-13-22)19-6-8-21(9-7-19)23-24(28-17-34-23)29-26(32)33-16-18-4-2-1-3-5-18/h1-13,17H,14-16H2,(H,29,32)(H,30,31). The first kappa shape index (κ1) is 21.9. The predicted octanol–water partition coefficient (Wildman–Crippen LogP) is 6.34. The van der Waals surface area contributed by atoms with Gasteiger partial charge in [-0.15, -0.1) is 11.3 Å². The summed E-state index contributed by atoms with van der Waals surface area (Å²) < 4.78 is 5.30. The number of thiazole rings is 1. The van der Waals surface area contributed by atoms with Gasteiger partial charge in [-0.05, 0) is 40.7 Å². The highest BCUT2D eigenvalue weighted by Gasteiger charge is 2.51. The van der Waals surface area contributed by atoms with E-state index in [2.05, 4.69) is 10.3 Å². The molecule has 5 rings (SSSR count). The highest BCUT2D eigenvalue weighted by Crippen LogP contribution is 2.48.